The minimum absolute atomic E-state index is 0.161. The van der Waals surface area contributed by atoms with E-state index in [1.54, 1.807) is 0 Å². The van der Waals surface area contributed by atoms with Gasteiger partial charge >= 0.3 is 0 Å². The summed E-state index contributed by atoms with van der Waals surface area (Å²) in [5.41, 5.74) is 1.93. The van der Waals surface area contributed by atoms with E-state index in [0.717, 1.165) is 16.8 Å². The third-order valence-corrected chi connectivity index (χ3v) is 3.83. The molecular formula is C23H28N2O. The fraction of sp³-hybridized carbons (Fsp3) is 0.348. The van der Waals surface area contributed by atoms with E-state index in [2.05, 4.69) is 4.99 Å². The number of amidine groups is 1. The van der Waals surface area contributed by atoms with Crippen LogP contribution in [0.5, 0.6) is 0 Å². The summed E-state index contributed by atoms with van der Waals surface area (Å²) in [5.74, 6) is 0.381. The number of rotatable bonds is 2. The Morgan fingerprint density at radius 2 is 1.08 bits per heavy atom. The predicted molar refractivity (Wildman–Crippen MR) is 110 cm³/mol. The Kier molecular flexibility index (Phi) is 5.91. The second-order valence-electron chi connectivity index (χ2n) is 8.43. The average Bonchev–Trinajstić information content (AvgIpc) is 2.58. The molecule has 0 aromatic heterocycles. The Morgan fingerprint density at radius 3 is 1.42 bits per heavy atom. The van der Waals surface area contributed by atoms with E-state index in [4.69, 9.17) is 4.99 Å². The quantitative estimate of drug-likeness (QED) is 0.519. The Morgan fingerprint density at radius 1 is 0.654 bits per heavy atom. The first-order valence-electron chi connectivity index (χ1n) is 8.92. The van der Waals surface area contributed by atoms with E-state index in [1.165, 1.54) is 0 Å². The number of benzene rings is 2. The first-order chi connectivity index (χ1) is 12.1. The van der Waals surface area contributed by atoms with Crippen LogP contribution in [0.25, 0.3) is 0 Å². The van der Waals surface area contributed by atoms with Crippen LogP contribution < -0.4 is 0 Å². The van der Waals surface area contributed by atoms with Gasteiger partial charge in [-0.2, -0.15) is 4.99 Å². The van der Waals surface area contributed by atoms with Crippen molar-refractivity contribution in [1.29, 1.82) is 0 Å². The second kappa shape index (κ2) is 7.77. The first kappa shape index (κ1) is 19.8. The molecule has 2 aromatic rings. The smallest absolute Gasteiger partial charge is 0.252 e. The zero-order valence-electron chi connectivity index (χ0n) is 16.6. The van der Waals surface area contributed by atoms with Crippen molar-refractivity contribution in [2.75, 3.05) is 0 Å². The third-order valence-electron chi connectivity index (χ3n) is 3.83. The molecule has 0 radical (unpaired) electrons. The van der Waals surface area contributed by atoms with E-state index in [0.29, 0.717) is 5.84 Å². The molecule has 0 aliphatic carbocycles. The number of aliphatic imine (C=N–C) groups is 2. The Bertz CT molecular complexity index is 763. The molecule has 1 amide bonds. The van der Waals surface area contributed by atoms with Gasteiger partial charge in [0.25, 0.3) is 5.91 Å². The van der Waals surface area contributed by atoms with Crippen molar-refractivity contribution >= 4 is 17.5 Å². The van der Waals surface area contributed by atoms with E-state index in [-0.39, 0.29) is 11.3 Å². The number of amides is 1. The molecule has 0 saturated carbocycles. The number of carbonyl (C=O) groups is 1. The minimum atomic E-state index is -0.536. The van der Waals surface area contributed by atoms with Crippen molar-refractivity contribution in [3.63, 3.8) is 0 Å². The highest BCUT2D eigenvalue weighted by Crippen LogP contribution is 2.23. The second-order valence-corrected chi connectivity index (χ2v) is 8.43. The Hall–Kier alpha value is -2.55. The largest absolute Gasteiger partial charge is 0.272 e. The maximum atomic E-state index is 12.5. The maximum Gasteiger partial charge on any atom is 0.252 e. The fourth-order valence-corrected chi connectivity index (χ4v) is 2.22. The molecule has 26 heavy (non-hydrogen) atoms. The van der Waals surface area contributed by atoms with Crippen LogP contribution in [-0.2, 0) is 4.79 Å². The van der Waals surface area contributed by atoms with Crippen LogP contribution in [-0.4, -0.2) is 17.5 Å². The molecule has 0 bridgehead atoms. The molecule has 0 saturated heterocycles. The van der Waals surface area contributed by atoms with Gasteiger partial charge in [-0.15, -0.1) is 0 Å². The van der Waals surface area contributed by atoms with Gasteiger partial charge in [0.2, 0.25) is 0 Å². The van der Waals surface area contributed by atoms with Gasteiger partial charge in [-0.05, 0) is 0 Å². The zero-order chi connectivity index (χ0) is 19.4. The number of hydrogen-bond acceptors (Lipinski definition) is 1. The van der Waals surface area contributed by atoms with Crippen molar-refractivity contribution < 1.29 is 4.79 Å². The van der Waals surface area contributed by atoms with Gasteiger partial charge < -0.3 is 0 Å². The Labute approximate surface area is 156 Å². The van der Waals surface area contributed by atoms with Crippen LogP contribution in [0.1, 0.15) is 52.7 Å². The highest BCUT2D eigenvalue weighted by molar-refractivity contribution is 6.18. The molecule has 0 spiro atoms. The lowest BCUT2D eigenvalue weighted by atomic mass is 9.92. The monoisotopic (exact) mass is 348 g/mol. The molecule has 0 aliphatic rings. The minimum Gasteiger partial charge on any atom is -0.272 e. The summed E-state index contributed by atoms with van der Waals surface area (Å²) < 4.78 is 0. The van der Waals surface area contributed by atoms with Gasteiger partial charge in [0, 0.05) is 22.0 Å². The first-order valence-corrected chi connectivity index (χ1v) is 8.92. The van der Waals surface area contributed by atoms with Crippen molar-refractivity contribution in [3.05, 3.63) is 71.8 Å². The lowest BCUT2D eigenvalue weighted by Crippen LogP contribution is -2.26. The molecule has 0 atom stereocenters. The summed E-state index contributed by atoms with van der Waals surface area (Å²) >= 11 is 0. The summed E-state index contributed by atoms with van der Waals surface area (Å²) in [7, 11) is 0. The summed E-state index contributed by atoms with van der Waals surface area (Å²) in [6.45, 7) is 11.7. The molecule has 0 aliphatic heterocycles. The molecule has 0 N–H and O–H groups in total. The fourth-order valence-electron chi connectivity index (χ4n) is 2.22. The van der Waals surface area contributed by atoms with Crippen molar-refractivity contribution in [1.82, 2.24) is 0 Å². The molecule has 0 unspecified atom stereocenters. The van der Waals surface area contributed by atoms with Gasteiger partial charge in [-0.3, -0.25) is 4.79 Å². The molecule has 0 fully saturated rings. The van der Waals surface area contributed by atoms with Crippen molar-refractivity contribution in [2.45, 2.75) is 41.5 Å². The van der Waals surface area contributed by atoms with Crippen molar-refractivity contribution in [3.8, 4) is 0 Å². The highest BCUT2D eigenvalue weighted by Gasteiger charge is 2.26. The lowest BCUT2D eigenvalue weighted by Gasteiger charge is -2.21. The molecule has 136 valence electrons. The summed E-state index contributed by atoms with van der Waals surface area (Å²) in [4.78, 5) is 21.8. The summed E-state index contributed by atoms with van der Waals surface area (Å²) in [6.07, 6.45) is 0. The van der Waals surface area contributed by atoms with Crippen molar-refractivity contribution in [2.24, 2.45) is 20.8 Å². The van der Waals surface area contributed by atoms with Gasteiger partial charge in [-0.25, -0.2) is 4.99 Å². The topological polar surface area (TPSA) is 41.8 Å². The number of nitrogens with zero attached hydrogens (tertiary/aromatic N) is 2. The van der Waals surface area contributed by atoms with Crippen LogP contribution >= 0.6 is 0 Å². The van der Waals surface area contributed by atoms with Crippen LogP contribution in [0.15, 0.2) is 70.6 Å². The summed E-state index contributed by atoms with van der Waals surface area (Å²) in [6, 6.07) is 20.0. The lowest BCUT2D eigenvalue weighted by molar-refractivity contribution is -0.124. The van der Waals surface area contributed by atoms with Crippen LogP contribution in [0.4, 0.5) is 0 Å². The molecular weight excluding hydrogens is 320 g/mol. The van der Waals surface area contributed by atoms with E-state index in [9.17, 15) is 4.79 Å². The van der Waals surface area contributed by atoms with Crippen LogP contribution in [0.2, 0.25) is 0 Å². The predicted octanol–water partition coefficient (Wildman–Crippen LogP) is 5.54. The van der Waals surface area contributed by atoms with Gasteiger partial charge in [0.15, 0.2) is 0 Å². The van der Waals surface area contributed by atoms with E-state index in [1.807, 2.05) is 102 Å². The zero-order valence-corrected chi connectivity index (χ0v) is 16.6. The van der Waals surface area contributed by atoms with Gasteiger partial charge in [0.05, 0.1) is 5.71 Å². The maximum absolute atomic E-state index is 12.5. The van der Waals surface area contributed by atoms with Gasteiger partial charge in [-0.1, -0.05) is 102 Å². The Balaban J connectivity index is 2.65. The highest BCUT2D eigenvalue weighted by atomic mass is 16.1. The molecule has 3 nitrogen and oxygen atoms in total. The van der Waals surface area contributed by atoms with E-state index < -0.39 is 5.41 Å². The number of carbonyl (C=O) groups excluding carboxylic acids is 1. The molecule has 2 aromatic carbocycles. The molecule has 0 heterocycles. The van der Waals surface area contributed by atoms with Crippen LogP contribution in [0, 0.1) is 10.8 Å². The third kappa shape index (κ3) is 5.22. The average molecular weight is 348 g/mol. The molecule has 3 heteroatoms. The number of hydrogen-bond donors (Lipinski definition) is 0. The van der Waals surface area contributed by atoms with Crippen LogP contribution in [0.3, 0.4) is 0 Å². The summed E-state index contributed by atoms with van der Waals surface area (Å²) in [5, 5.41) is 0. The molecule has 2 rings (SSSR count). The standard InChI is InChI=1S/C23H28N2O/c1-22(2,3)20(25-21(26)23(4,5)6)24-19(17-13-9-7-10-14-17)18-15-11-8-12-16-18/h7-16H,1-6H3. The van der Waals surface area contributed by atoms with E-state index >= 15 is 0 Å². The normalized spacial score (nSPS) is 12.6. The SMILES string of the molecule is CC(C)(C)C(=O)N=C(N=C(c1ccccc1)c1ccccc1)C(C)(C)C. The van der Waals surface area contributed by atoms with Gasteiger partial charge in [0.1, 0.15) is 5.84 Å².